The first-order valence-corrected chi connectivity index (χ1v) is 17.3. The second kappa shape index (κ2) is 24.8. The number of ether oxygens (including phenoxy) is 2. The second-order valence-electron chi connectivity index (χ2n) is 13.4. The number of nitrogens with two attached hydrogens (primary N) is 1. The van der Waals surface area contributed by atoms with E-state index in [1.165, 1.54) is 0 Å². The molecule has 0 fully saturated rings. The van der Waals surface area contributed by atoms with Gasteiger partial charge in [-0.15, -0.1) is 0 Å². The van der Waals surface area contributed by atoms with Gasteiger partial charge in [-0.3, -0.25) is 28.8 Å². The highest BCUT2D eigenvalue weighted by molar-refractivity contribution is 5.83. The number of aliphatic hydroxyl groups excluding tert-OH is 2. The number of hydrogen-bond acceptors (Lipinski definition) is 11. The van der Waals surface area contributed by atoms with E-state index in [2.05, 4.69) is 0 Å². The largest absolute Gasteiger partial charge is 0.481 e. The molecule has 0 aromatic heterocycles. The van der Waals surface area contributed by atoms with Crippen LogP contribution in [0, 0.1) is 23.7 Å². The van der Waals surface area contributed by atoms with Crippen LogP contribution in [-0.4, -0.2) is 96.9 Å². The molecule has 15 heteroatoms. The number of carboxylic acid groups (broad SMARTS) is 4. The number of rotatable bonds is 29. The van der Waals surface area contributed by atoms with E-state index in [1.807, 2.05) is 6.92 Å². The van der Waals surface area contributed by atoms with Gasteiger partial charge in [0.05, 0.1) is 49.7 Å². The molecule has 0 bridgehead atoms. The van der Waals surface area contributed by atoms with Crippen molar-refractivity contribution < 1.29 is 68.9 Å². The van der Waals surface area contributed by atoms with Crippen LogP contribution in [0.15, 0.2) is 0 Å². The molecule has 0 aliphatic carbocycles. The van der Waals surface area contributed by atoms with Gasteiger partial charge >= 0.3 is 35.8 Å². The Balaban J connectivity index is 5.94. The highest BCUT2D eigenvalue weighted by Crippen LogP contribution is 2.29. The van der Waals surface area contributed by atoms with E-state index in [0.717, 1.165) is 32.1 Å². The van der Waals surface area contributed by atoms with Gasteiger partial charge in [0, 0.05) is 6.04 Å². The molecule has 0 saturated heterocycles. The zero-order chi connectivity index (χ0) is 37.7. The lowest BCUT2D eigenvalue weighted by Gasteiger charge is -2.33. The monoisotopic (exact) mass is 705 g/mol. The topological polar surface area (TPSA) is 268 Å². The molecule has 0 heterocycles. The van der Waals surface area contributed by atoms with Gasteiger partial charge in [0.2, 0.25) is 0 Å². The van der Waals surface area contributed by atoms with Gasteiger partial charge < -0.3 is 45.8 Å². The van der Waals surface area contributed by atoms with Crippen molar-refractivity contribution in [1.82, 2.24) is 0 Å². The Morgan fingerprint density at radius 1 is 0.633 bits per heavy atom. The Morgan fingerprint density at radius 2 is 1.12 bits per heavy atom. The van der Waals surface area contributed by atoms with Crippen LogP contribution in [0.2, 0.25) is 0 Å². The minimum atomic E-state index is -1.57. The normalized spacial score (nSPS) is 17.0. The molecule has 0 saturated carbocycles. The van der Waals surface area contributed by atoms with Crippen molar-refractivity contribution in [2.24, 2.45) is 29.4 Å². The average Bonchev–Trinajstić information content (AvgIpc) is 2.98. The van der Waals surface area contributed by atoms with E-state index in [4.69, 9.17) is 25.4 Å². The summed E-state index contributed by atoms with van der Waals surface area (Å²) in [4.78, 5) is 71.6. The highest BCUT2D eigenvalue weighted by Gasteiger charge is 2.37. The molecular formula is C34H59NO14. The van der Waals surface area contributed by atoms with Crippen LogP contribution in [-0.2, 0) is 38.2 Å². The second-order valence-corrected chi connectivity index (χ2v) is 13.4. The zero-order valence-electron chi connectivity index (χ0n) is 29.3. The summed E-state index contributed by atoms with van der Waals surface area (Å²) in [5.74, 6) is -11.8. The summed E-state index contributed by atoms with van der Waals surface area (Å²) in [5, 5.41) is 57.6. The smallest absolute Gasteiger partial charge is 0.307 e. The molecule has 0 rings (SSSR count). The molecule has 0 radical (unpaired) electrons. The number of aliphatic carboxylic acids is 4. The van der Waals surface area contributed by atoms with E-state index in [-0.39, 0.29) is 24.8 Å². The van der Waals surface area contributed by atoms with Crippen LogP contribution in [0.25, 0.3) is 0 Å². The maximum absolute atomic E-state index is 13.0. The summed E-state index contributed by atoms with van der Waals surface area (Å²) in [7, 11) is 0. The Labute approximate surface area is 288 Å². The van der Waals surface area contributed by atoms with Crippen molar-refractivity contribution in [3.63, 3.8) is 0 Å². The average molecular weight is 706 g/mol. The van der Waals surface area contributed by atoms with Crippen molar-refractivity contribution in [3.8, 4) is 0 Å². The molecule has 15 nitrogen and oxygen atoms in total. The van der Waals surface area contributed by atoms with Gasteiger partial charge in [0.1, 0.15) is 12.2 Å². The first-order chi connectivity index (χ1) is 22.9. The molecule has 0 aromatic carbocycles. The van der Waals surface area contributed by atoms with Gasteiger partial charge in [-0.05, 0) is 50.9 Å². The molecule has 284 valence electrons. The summed E-state index contributed by atoms with van der Waals surface area (Å²) < 4.78 is 11.4. The predicted molar refractivity (Wildman–Crippen MR) is 176 cm³/mol. The Hall–Kier alpha value is -3.30. The van der Waals surface area contributed by atoms with Gasteiger partial charge in [-0.2, -0.15) is 0 Å². The van der Waals surface area contributed by atoms with E-state index in [9.17, 15) is 49.2 Å². The number of unbranched alkanes of at least 4 members (excludes halogenated alkanes) is 4. The Kier molecular flexibility index (Phi) is 23.1. The number of carboxylic acids is 4. The first kappa shape index (κ1) is 45.7. The number of aliphatic hydroxyl groups is 2. The molecular weight excluding hydrogens is 646 g/mol. The summed E-state index contributed by atoms with van der Waals surface area (Å²) in [5.41, 5.74) is 5.68. The van der Waals surface area contributed by atoms with Gasteiger partial charge in [-0.1, -0.05) is 59.3 Å². The predicted octanol–water partition coefficient (Wildman–Crippen LogP) is 3.59. The van der Waals surface area contributed by atoms with Crippen LogP contribution in [0.4, 0.5) is 0 Å². The summed E-state index contributed by atoms with van der Waals surface area (Å²) in [6.45, 7) is 7.23. The minimum absolute atomic E-state index is 0.0700. The molecule has 0 amide bonds. The van der Waals surface area contributed by atoms with E-state index in [0.29, 0.717) is 25.7 Å². The highest BCUT2D eigenvalue weighted by atomic mass is 16.6. The quantitative estimate of drug-likeness (QED) is 0.0433. The van der Waals surface area contributed by atoms with Crippen LogP contribution in [0.3, 0.4) is 0 Å². The van der Waals surface area contributed by atoms with E-state index < -0.39 is 104 Å². The molecule has 0 aliphatic rings. The molecule has 0 aliphatic heterocycles. The van der Waals surface area contributed by atoms with Gasteiger partial charge in [0.15, 0.2) is 0 Å². The third kappa shape index (κ3) is 21.4. The van der Waals surface area contributed by atoms with Crippen molar-refractivity contribution in [2.75, 3.05) is 0 Å². The standard InChI is InChI=1S/C34H59NO14/c1-5-6-11-21(3)32(49-31(43)19-24(34(46)47)17-29(40)41)27(48-30(42)18-23(33(44)45)16-28(38)39)15-20(2)14-25(36)12-9-7-8-10-13-26(37)22(4)35/h20-27,32,36-37H,5-19,35H2,1-4H3,(H,38,39)(H,40,41)(H,44,45)(H,46,47)/t20-,21+,22-,23+,24+,25+,26-,27-,32+/m0/s1. The molecule has 49 heavy (non-hydrogen) atoms. The SMILES string of the molecule is CCCC[C@@H](C)[C@@H](OC(=O)C[C@@H](CC(=O)O)C(=O)O)[C@H](C[C@@H](C)C[C@H](O)CCCCCC[C@H](O)[C@H](C)N)OC(=O)C[C@@H](CC(=O)O)C(=O)O. The number of carbonyl (C=O) groups excluding carboxylic acids is 2. The van der Waals surface area contributed by atoms with E-state index >= 15 is 0 Å². The van der Waals surface area contributed by atoms with Crippen LogP contribution in [0.1, 0.15) is 124 Å². The molecule has 9 atom stereocenters. The lowest BCUT2D eigenvalue weighted by Crippen LogP contribution is -2.42. The third-order valence-corrected chi connectivity index (χ3v) is 8.56. The lowest BCUT2D eigenvalue weighted by atomic mass is 9.87. The molecule has 8 N–H and O–H groups in total. The maximum atomic E-state index is 13.0. The first-order valence-electron chi connectivity index (χ1n) is 17.3. The molecule has 0 aromatic rings. The summed E-state index contributed by atoms with van der Waals surface area (Å²) >= 11 is 0. The molecule has 0 unspecified atom stereocenters. The maximum Gasteiger partial charge on any atom is 0.307 e. The number of hydrogen-bond donors (Lipinski definition) is 7. The fraction of sp³-hybridized carbons (Fsp3) is 0.824. The minimum Gasteiger partial charge on any atom is -0.481 e. The zero-order valence-corrected chi connectivity index (χ0v) is 29.3. The fourth-order valence-corrected chi connectivity index (χ4v) is 5.66. The van der Waals surface area contributed by atoms with Crippen LogP contribution < -0.4 is 5.73 Å². The number of esters is 2. The van der Waals surface area contributed by atoms with Crippen molar-refractivity contribution >= 4 is 35.8 Å². The summed E-state index contributed by atoms with van der Waals surface area (Å²) in [6, 6.07) is -0.300. The van der Waals surface area contributed by atoms with Crippen molar-refractivity contribution in [2.45, 2.75) is 154 Å². The van der Waals surface area contributed by atoms with Gasteiger partial charge in [0.25, 0.3) is 0 Å². The van der Waals surface area contributed by atoms with Crippen molar-refractivity contribution in [1.29, 1.82) is 0 Å². The van der Waals surface area contributed by atoms with E-state index in [1.54, 1.807) is 20.8 Å². The lowest BCUT2D eigenvalue weighted by molar-refractivity contribution is -0.177. The number of carbonyl (C=O) groups is 6. The van der Waals surface area contributed by atoms with Crippen molar-refractivity contribution in [3.05, 3.63) is 0 Å². The molecule has 0 spiro atoms. The Morgan fingerprint density at radius 3 is 1.57 bits per heavy atom. The third-order valence-electron chi connectivity index (χ3n) is 8.56. The van der Waals surface area contributed by atoms with Gasteiger partial charge in [-0.25, -0.2) is 0 Å². The fourth-order valence-electron chi connectivity index (χ4n) is 5.66. The van der Waals surface area contributed by atoms with Crippen LogP contribution >= 0.6 is 0 Å². The Bertz CT molecular complexity index is 1030. The van der Waals surface area contributed by atoms with Crippen LogP contribution in [0.5, 0.6) is 0 Å². The summed E-state index contributed by atoms with van der Waals surface area (Å²) in [6.07, 6.45) is -0.0465.